The van der Waals surface area contributed by atoms with Crippen molar-refractivity contribution in [1.29, 1.82) is 0 Å². The number of thiazole rings is 1. The molecule has 0 bridgehead atoms. The van der Waals surface area contributed by atoms with Crippen LogP contribution in [0.4, 0.5) is 5.13 Å². The van der Waals surface area contributed by atoms with Gasteiger partial charge in [0, 0.05) is 10.4 Å². The molecule has 0 amide bonds. The van der Waals surface area contributed by atoms with Gasteiger partial charge in [-0.2, -0.15) is 0 Å². The molecule has 1 aromatic heterocycles. The molecule has 0 fully saturated rings. The first-order valence-electron chi connectivity index (χ1n) is 4.31. The molecule has 0 saturated heterocycles. The van der Waals surface area contributed by atoms with Crippen LogP contribution >= 0.6 is 22.9 Å². The van der Waals surface area contributed by atoms with Gasteiger partial charge < -0.3 is 10.8 Å². The number of benzene rings is 1. The molecule has 0 aliphatic carbocycles. The average Bonchev–Trinajstić information content (AvgIpc) is 2.65. The molecular formula is C10H9ClN2OS. The normalized spacial score (nSPS) is 12.7. The highest BCUT2D eigenvalue weighted by Gasteiger charge is 2.13. The maximum Gasteiger partial charge on any atom is 0.180 e. The Labute approximate surface area is 96.2 Å². The number of hydrogen-bond acceptors (Lipinski definition) is 4. The summed E-state index contributed by atoms with van der Waals surface area (Å²) in [7, 11) is 0. The van der Waals surface area contributed by atoms with Gasteiger partial charge in [-0.3, -0.25) is 0 Å². The van der Waals surface area contributed by atoms with Crippen LogP contribution in [-0.2, 0) is 0 Å². The zero-order valence-corrected chi connectivity index (χ0v) is 9.29. The van der Waals surface area contributed by atoms with E-state index in [1.807, 2.05) is 0 Å². The summed E-state index contributed by atoms with van der Waals surface area (Å²) >= 11 is 7.06. The van der Waals surface area contributed by atoms with Crippen LogP contribution < -0.4 is 5.73 Å². The predicted octanol–water partition coefficient (Wildman–Crippen LogP) is 2.46. The fraction of sp³-hybridized carbons (Fsp3) is 0.100. The standard InChI is InChI=1S/C10H9ClN2OS/c11-7-3-1-6(2-4-7)9(14)8-5-15-10(12)13-8/h1-5,9,14H,(H2,12,13). The van der Waals surface area contributed by atoms with Crippen molar-refractivity contribution in [2.75, 3.05) is 5.73 Å². The van der Waals surface area contributed by atoms with E-state index < -0.39 is 6.10 Å². The van der Waals surface area contributed by atoms with E-state index in [0.29, 0.717) is 15.8 Å². The molecule has 2 rings (SSSR count). The summed E-state index contributed by atoms with van der Waals surface area (Å²) in [5.41, 5.74) is 6.82. The predicted molar refractivity (Wildman–Crippen MR) is 62.0 cm³/mol. The maximum absolute atomic E-state index is 9.94. The van der Waals surface area contributed by atoms with E-state index in [2.05, 4.69) is 4.98 Å². The highest BCUT2D eigenvalue weighted by atomic mass is 35.5. The topological polar surface area (TPSA) is 59.1 Å². The largest absolute Gasteiger partial charge is 0.382 e. The number of anilines is 1. The Bertz CT molecular complexity index is 455. The quantitative estimate of drug-likeness (QED) is 0.848. The first-order valence-corrected chi connectivity index (χ1v) is 5.57. The number of aliphatic hydroxyl groups is 1. The van der Waals surface area contributed by atoms with Crippen molar-refractivity contribution in [3.05, 3.63) is 45.9 Å². The number of hydrogen-bond donors (Lipinski definition) is 2. The van der Waals surface area contributed by atoms with Crippen LogP contribution in [0.2, 0.25) is 5.02 Å². The Balaban J connectivity index is 2.28. The molecule has 1 unspecified atom stereocenters. The molecule has 0 aliphatic rings. The smallest absolute Gasteiger partial charge is 0.180 e. The minimum absolute atomic E-state index is 0.456. The van der Waals surface area contributed by atoms with Crippen LogP contribution in [0, 0.1) is 0 Å². The third-order valence-electron chi connectivity index (χ3n) is 2.01. The number of aromatic nitrogens is 1. The SMILES string of the molecule is Nc1nc(C(O)c2ccc(Cl)cc2)cs1. The minimum atomic E-state index is -0.740. The lowest BCUT2D eigenvalue weighted by Gasteiger charge is -2.07. The third kappa shape index (κ3) is 2.28. The average molecular weight is 241 g/mol. The molecule has 0 aliphatic heterocycles. The van der Waals surface area contributed by atoms with Gasteiger partial charge in [-0.25, -0.2) is 4.98 Å². The van der Waals surface area contributed by atoms with Crippen molar-refractivity contribution >= 4 is 28.1 Å². The summed E-state index contributed by atoms with van der Waals surface area (Å²) < 4.78 is 0. The summed E-state index contributed by atoms with van der Waals surface area (Å²) in [4.78, 5) is 4.02. The Morgan fingerprint density at radius 3 is 2.53 bits per heavy atom. The van der Waals surface area contributed by atoms with Gasteiger partial charge in [0.15, 0.2) is 5.13 Å². The molecule has 1 heterocycles. The second kappa shape index (κ2) is 4.18. The molecule has 1 atom stereocenters. The monoisotopic (exact) mass is 240 g/mol. The van der Waals surface area contributed by atoms with Crippen LogP contribution in [0.5, 0.6) is 0 Å². The van der Waals surface area contributed by atoms with E-state index >= 15 is 0 Å². The van der Waals surface area contributed by atoms with Crippen LogP contribution in [0.25, 0.3) is 0 Å². The van der Waals surface area contributed by atoms with E-state index in [1.165, 1.54) is 11.3 Å². The number of nitrogen functional groups attached to an aromatic ring is 1. The molecule has 3 N–H and O–H groups in total. The lowest BCUT2D eigenvalue weighted by molar-refractivity contribution is 0.216. The summed E-state index contributed by atoms with van der Waals surface area (Å²) in [6.07, 6.45) is -0.740. The zero-order valence-electron chi connectivity index (χ0n) is 7.72. The molecule has 0 saturated carbocycles. The van der Waals surface area contributed by atoms with E-state index in [0.717, 1.165) is 5.56 Å². The van der Waals surface area contributed by atoms with Gasteiger partial charge in [0.2, 0.25) is 0 Å². The number of nitrogens with two attached hydrogens (primary N) is 1. The molecule has 3 nitrogen and oxygen atoms in total. The van der Waals surface area contributed by atoms with Crippen molar-refractivity contribution in [3.8, 4) is 0 Å². The fourth-order valence-electron chi connectivity index (χ4n) is 1.24. The van der Waals surface area contributed by atoms with Crippen LogP contribution in [-0.4, -0.2) is 10.1 Å². The van der Waals surface area contributed by atoms with E-state index in [9.17, 15) is 5.11 Å². The summed E-state index contributed by atoms with van der Waals surface area (Å²) in [6.45, 7) is 0. The van der Waals surface area contributed by atoms with Gasteiger partial charge in [-0.1, -0.05) is 23.7 Å². The summed E-state index contributed by atoms with van der Waals surface area (Å²) in [5.74, 6) is 0. The lowest BCUT2D eigenvalue weighted by atomic mass is 10.1. The van der Waals surface area contributed by atoms with Gasteiger partial charge in [-0.05, 0) is 17.7 Å². The van der Waals surface area contributed by atoms with Gasteiger partial charge in [0.25, 0.3) is 0 Å². The maximum atomic E-state index is 9.94. The van der Waals surface area contributed by atoms with Gasteiger partial charge in [-0.15, -0.1) is 11.3 Å². The fourth-order valence-corrected chi connectivity index (χ4v) is 1.95. The summed E-state index contributed by atoms with van der Waals surface area (Å²) in [5, 5.41) is 12.8. The van der Waals surface area contributed by atoms with Crippen molar-refractivity contribution in [2.45, 2.75) is 6.10 Å². The van der Waals surface area contributed by atoms with Crippen LogP contribution in [0.15, 0.2) is 29.6 Å². The minimum Gasteiger partial charge on any atom is -0.382 e. The molecule has 2 aromatic rings. The van der Waals surface area contributed by atoms with Crippen LogP contribution in [0.3, 0.4) is 0 Å². The molecule has 78 valence electrons. The molecular weight excluding hydrogens is 232 g/mol. The molecule has 1 aromatic carbocycles. The first kappa shape index (κ1) is 10.4. The van der Waals surface area contributed by atoms with Crippen molar-refractivity contribution < 1.29 is 5.11 Å². The van der Waals surface area contributed by atoms with E-state index in [4.69, 9.17) is 17.3 Å². The van der Waals surface area contributed by atoms with Crippen LogP contribution in [0.1, 0.15) is 17.4 Å². The highest BCUT2D eigenvalue weighted by molar-refractivity contribution is 7.13. The number of aliphatic hydroxyl groups excluding tert-OH is 1. The number of rotatable bonds is 2. The molecule has 5 heteroatoms. The Morgan fingerprint density at radius 1 is 1.33 bits per heavy atom. The lowest BCUT2D eigenvalue weighted by Crippen LogP contribution is -2.00. The van der Waals surface area contributed by atoms with Gasteiger partial charge >= 0.3 is 0 Å². The molecule has 15 heavy (non-hydrogen) atoms. The second-order valence-electron chi connectivity index (χ2n) is 3.06. The zero-order chi connectivity index (χ0) is 10.8. The Hall–Kier alpha value is -1.10. The number of nitrogens with zero attached hydrogens (tertiary/aromatic N) is 1. The third-order valence-corrected chi connectivity index (χ3v) is 2.95. The van der Waals surface area contributed by atoms with Crippen molar-refractivity contribution in [1.82, 2.24) is 4.98 Å². The Kier molecular flexibility index (Phi) is 2.90. The van der Waals surface area contributed by atoms with E-state index in [-0.39, 0.29) is 0 Å². The Morgan fingerprint density at radius 2 is 2.00 bits per heavy atom. The van der Waals surface area contributed by atoms with Gasteiger partial charge in [0.05, 0.1) is 5.69 Å². The molecule has 0 spiro atoms. The summed E-state index contributed by atoms with van der Waals surface area (Å²) in [6, 6.07) is 7.00. The second-order valence-corrected chi connectivity index (χ2v) is 4.39. The molecule has 0 radical (unpaired) electrons. The van der Waals surface area contributed by atoms with Crippen molar-refractivity contribution in [2.24, 2.45) is 0 Å². The number of halogens is 1. The van der Waals surface area contributed by atoms with E-state index in [1.54, 1.807) is 29.6 Å². The van der Waals surface area contributed by atoms with Gasteiger partial charge in [0.1, 0.15) is 6.10 Å². The highest BCUT2D eigenvalue weighted by Crippen LogP contribution is 2.25. The first-order chi connectivity index (χ1) is 7.16. The van der Waals surface area contributed by atoms with Crippen molar-refractivity contribution in [3.63, 3.8) is 0 Å².